The SMILES string of the molecule is O=C(NCc1nc2ccccc2[nH]1)C1CC(O)CN1Cc1cccc(Cl)c1Cl. The lowest BCUT2D eigenvalue weighted by Gasteiger charge is -2.23. The Morgan fingerprint density at radius 2 is 2.07 bits per heavy atom. The second-order valence-electron chi connectivity index (χ2n) is 6.97. The Labute approximate surface area is 172 Å². The van der Waals surface area contributed by atoms with Crippen LogP contribution in [-0.4, -0.2) is 44.6 Å². The molecule has 1 aromatic heterocycles. The van der Waals surface area contributed by atoms with Crippen LogP contribution in [0.4, 0.5) is 0 Å². The zero-order chi connectivity index (χ0) is 19.7. The van der Waals surface area contributed by atoms with Crippen molar-refractivity contribution in [2.24, 2.45) is 0 Å². The van der Waals surface area contributed by atoms with Gasteiger partial charge in [0.05, 0.1) is 39.8 Å². The number of aliphatic hydroxyl groups is 1. The van der Waals surface area contributed by atoms with E-state index in [-0.39, 0.29) is 5.91 Å². The summed E-state index contributed by atoms with van der Waals surface area (Å²) in [7, 11) is 0. The fourth-order valence-corrected chi connectivity index (χ4v) is 3.97. The van der Waals surface area contributed by atoms with E-state index in [1.807, 2.05) is 41.3 Å². The minimum atomic E-state index is -0.556. The van der Waals surface area contributed by atoms with Gasteiger partial charge in [-0.3, -0.25) is 9.69 Å². The van der Waals surface area contributed by atoms with Gasteiger partial charge in [-0.2, -0.15) is 0 Å². The number of imidazole rings is 1. The number of halogens is 2. The summed E-state index contributed by atoms with van der Waals surface area (Å²) in [5.41, 5.74) is 2.62. The number of H-pyrrole nitrogens is 1. The topological polar surface area (TPSA) is 81.2 Å². The number of aromatic amines is 1. The molecule has 1 amide bonds. The van der Waals surface area contributed by atoms with Crippen molar-refractivity contribution in [3.8, 4) is 0 Å². The van der Waals surface area contributed by atoms with Crippen LogP contribution in [-0.2, 0) is 17.9 Å². The Hall–Kier alpha value is -2.12. The number of aliphatic hydroxyl groups excluding tert-OH is 1. The van der Waals surface area contributed by atoms with Gasteiger partial charge in [-0.05, 0) is 30.2 Å². The highest BCUT2D eigenvalue weighted by atomic mass is 35.5. The number of amides is 1. The molecule has 2 aromatic carbocycles. The lowest BCUT2D eigenvalue weighted by Crippen LogP contribution is -2.42. The van der Waals surface area contributed by atoms with Gasteiger partial charge in [0.2, 0.25) is 5.91 Å². The molecule has 2 heterocycles. The fraction of sp³-hybridized carbons (Fsp3) is 0.300. The Bertz CT molecular complexity index is 974. The Morgan fingerprint density at radius 1 is 1.25 bits per heavy atom. The van der Waals surface area contributed by atoms with Gasteiger partial charge in [0.15, 0.2) is 0 Å². The number of aromatic nitrogens is 2. The number of rotatable bonds is 5. The first-order valence-electron chi connectivity index (χ1n) is 9.07. The number of para-hydroxylation sites is 2. The highest BCUT2D eigenvalue weighted by molar-refractivity contribution is 6.42. The standard InChI is InChI=1S/C20H20Cl2N4O2/c21-14-5-3-4-12(19(14)22)10-26-11-13(27)8-17(26)20(28)23-9-18-24-15-6-1-2-7-16(15)25-18/h1-7,13,17,27H,8-11H2,(H,23,28)(H,24,25). The third-order valence-electron chi connectivity index (χ3n) is 4.96. The van der Waals surface area contributed by atoms with Crippen LogP contribution in [0.1, 0.15) is 17.8 Å². The molecule has 146 valence electrons. The van der Waals surface area contributed by atoms with Crippen molar-refractivity contribution >= 4 is 40.1 Å². The van der Waals surface area contributed by atoms with E-state index >= 15 is 0 Å². The Kier molecular flexibility index (Phi) is 5.55. The number of nitrogens with zero attached hydrogens (tertiary/aromatic N) is 2. The van der Waals surface area contributed by atoms with Gasteiger partial charge in [0.1, 0.15) is 5.82 Å². The first kappa shape index (κ1) is 19.2. The van der Waals surface area contributed by atoms with Gasteiger partial charge in [-0.1, -0.05) is 47.5 Å². The van der Waals surface area contributed by atoms with Crippen molar-refractivity contribution in [2.45, 2.75) is 31.7 Å². The molecule has 1 aliphatic heterocycles. The van der Waals surface area contributed by atoms with Gasteiger partial charge in [0, 0.05) is 13.1 Å². The number of benzene rings is 2. The van der Waals surface area contributed by atoms with Crippen LogP contribution < -0.4 is 5.32 Å². The summed E-state index contributed by atoms with van der Waals surface area (Å²) in [6.45, 7) is 1.15. The molecule has 2 unspecified atom stereocenters. The van der Waals surface area contributed by atoms with E-state index in [0.717, 1.165) is 16.6 Å². The minimum absolute atomic E-state index is 0.143. The molecule has 1 fully saturated rings. The molecule has 28 heavy (non-hydrogen) atoms. The molecule has 0 aliphatic carbocycles. The second-order valence-corrected chi connectivity index (χ2v) is 7.75. The maximum atomic E-state index is 12.8. The molecule has 0 radical (unpaired) electrons. The summed E-state index contributed by atoms with van der Waals surface area (Å²) in [6, 6.07) is 12.7. The van der Waals surface area contributed by atoms with Crippen molar-refractivity contribution in [3.05, 3.63) is 63.9 Å². The largest absolute Gasteiger partial charge is 0.392 e. The third kappa shape index (κ3) is 4.00. The van der Waals surface area contributed by atoms with Crippen LogP contribution in [0.5, 0.6) is 0 Å². The second kappa shape index (κ2) is 8.09. The van der Waals surface area contributed by atoms with Crippen molar-refractivity contribution in [1.82, 2.24) is 20.2 Å². The van der Waals surface area contributed by atoms with Crippen molar-refractivity contribution in [1.29, 1.82) is 0 Å². The smallest absolute Gasteiger partial charge is 0.237 e. The molecular weight excluding hydrogens is 399 g/mol. The summed E-state index contributed by atoms with van der Waals surface area (Å²) < 4.78 is 0. The van der Waals surface area contributed by atoms with Gasteiger partial charge in [-0.15, -0.1) is 0 Å². The number of carbonyl (C=O) groups excluding carboxylic acids is 1. The van der Waals surface area contributed by atoms with Crippen LogP contribution in [0.3, 0.4) is 0 Å². The molecule has 3 aromatic rings. The lowest BCUT2D eigenvalue weighted by atomic mass is 10.1. The van der Waals surface area contributed by atoms with Crippen LogP contribution in [0.25, 0.3) is 11.0 Å². The van der Waals surface area contributed by atoms with Crippen LogP contribution >= 0.6 is 23.2 Å². The zero-order valence-electron chi connectivity index (χ0n) is 15.0. The number of β-amino-alcohol motifs (C(OH)–C–C–N with tert-alkyl or cyclic N) is 1. The molecule has 1 aliphatic rings. The average molecular weight is 419 g/mol. The summed E-state index contributed by atoms with van der Waals surface area (Å²) in [6.07, 6.45) is -0.177. The molecule has 3 N–H and O–H groups in total. The van der Waals surface area contributed by atoms with E-state index in [0.29, 0.717) is 41.9 Å². The monoisotopic (exact) mass is 418 g/mol. The molecule has 8 heteroatoms. The van der Waals surface area contributed by atoms with E-state index in [1.165, 1.54) is 0 Å². The summed E-state index contributed by atoms with van der Waals surface area (Å²) in [5, 5.41) is 14.0. The maximum absolute atomic E-state index is 12.8. The first-order chi connectivity index (χ1) is 13.5. The van der Waals surface area contributed by atoms with E-state index in [4.69, 9.17) is 23.2 Å². The summed E-state index contributed by atoms with van der Waals surface area (Å²) >= 11 is 12.4. The van der Waals surface area contributed by atoms with Gasteiger partial charge < -0.3 is 15.4 Å². The number of carbonyl (C=O) groups is 1. The van der Waals surface area contributed by atoms with Crippen LogP contribution in [0, 0.1) is 0 Å². The highest BCUT2D eigenvalue weighted by Gasteiger charge is 2.36. The number of nitrogens with one attached hydrogen (secondary N) is 2. The molecule has 4 rings (SSSR count). The van der Waals surface area contributed by atoms with E-state index < -0.39 is 12.1 Å². The predicted molar refractivity (Wildman–Crippen MR) is 109 cm³/mol. The Morgan fingerprint density at radius 3 is 2.89 bits per heavy atom. The van der Waals surface area contributed by atoms with Crippen LogP contribution in [0.2, 0.25) is 10.0 Å². The van der Waals surface area contributed by atoms with Crippen molar-refractivity contribution in [2.75, 3.05) is 6.54 Å². The van der Waals surface area contributed by atoms with Crippen molar-refractivity contribution in [3.63, 3.8) is 0 Å². The maximum Gasteiger partial charge on any atom is 0.237 e. The normalized spacial score (nSPS) is 20.0. The minimum Gasteiger partial charge on any atom is -0.392 e. The molecule has 0 bridgehead atoms. The highest BCUT2D eigenvalue weighted by Crippen LogP contribution is 2.29. The molecule has 0 spiro atoms. The number of likely N-dealkylation sites (tertiary alicyclic amines) is 1. The first-order valence-corrected chi connectivity index (χ1v) is 9.83. The van der Waals surface area contributed by atoms with E-state index in [1.54, 1.807) is 6.07 Å². The Balaban J connectivity index is 1.43. The molecule has 0 saturated carbocycles. The number of fused-ring (bicyclic) bond motifs is 1. The average Bonchev–Trinajstić information content (AvgIpc) is 3.26. The molecule has 6 nitrogen and oxygen atoms in total. The molecule has 2 atom stereocenters. The molecular formula is C20H20Cl2N4O2. The lowest BCUT2D eigenvalue weighted by molar-refractivity contribution is -0.125. The van der Waals surface area contributed by atoms with Gasteiger partial charge in [-0.25, -0.2) is 4.98 Å². The van der Waals surface area contributed by atoms with Gasteiger partial charge >= 0.3 is 0 Å². The van der Waals surface area contributed by atoms with E-state index in [9.17, 15) is 9.90 Å². The zero-order valence-corrected chi connectivity index (χ0v) is 16.5. The summed E-state index contributed by atoms with van der Waals surface area (Å²) in [5.74, 6) is 0.549. The number of hydrogen-bond donors (Lipinski definition) is 3. The molecule has 1 saturated heterocycles. The van der Waals surface area contributed by atoms with Gasteiger partial charge in [0.25, 0.3) is 0 Å². The number of hydrogen-bond acceptors (Lipinski definition) is 4. The predicted octanol–water partition coefficient (Wildman–Crippen LogP) is 3.12. The van der Waals surface area contributed by atoms with E-state index in [2.05, 4.69) is 15.3 Å². The van der Waals surface area contributed by atoms with Crippen molar-refractivity contribution < 1.29 is 9.90 Å². The third-order valence-corrected chi connectivity index (χ3v) is 5.82. The summed E-state index contributed by atoms with van der Waals surface area (Å²) in [4.78, 5) is 22.4. The van der Waals surface area contributed by atoms with Crippen LogP contribution in [0.15, 0.2) is 42.5 Å². The quantitative estimate of drug-likeness (QED) is 0.594. The fourth-order valence-electron chi connectivity index (χ4n) is 3.59.